The van der Waals surface area contributed by atoms with Crippen molar-refractivity contribution < 1.29 is 24.4 Å². The van der Waals surface area contributed by atoms with Crippen molar-refractivity contribution in [3.63, 3.8) is 0 Å². The van der Waals surface area contributed by atoms with Gasteiger partial charge in [-0.3, -0.25) is 0 Å². The zero-order valence-electron chi connectivity index (χ0n) is 14.3. The molecule has 1 aromatic rings. The number of ether oxygens (including phenoxy) is 3. The van der Waals surface area contributed by atoms with Gasteiger partial charge in [0.15, 0.2) is 6.29 Å². The summed E-state index contributed by atoms with van der Waals surface area (Å²) in [6.45, 7) is 6.40. The van der Waals surface area contributed by atoms with Gasteiger partial charge in [0.25, 0.3) is 0 Å². The number of benzene rings is 1. The van der Waals surface area contributed by atoms with E-state index in [4.69, 9.17) is 14.2 Å². The molecule has 0 aromatic heterocycles. The first-order valence-electron chi connectivity index (χ1n) is 8.17. The highest BCUT2D eigenvalue weighted by molar-refractivity contribution is 5.28. The molecule has 1 heterocycles. The Morgan fingerprint density at radius 1 is 1.26 bits per heavy atom. The second kappa shape index (κ2) is 8.11. The van der Waals surface area contributed by atoms with Gasteiger partial charge in [0.1, 0.15) is 5.75 Å². The minimum atomic E-state index is -0.609. The number of methoxy groups -OCH3 is 1. The summed E-state index contributed by atoms with van der Waals surface area (Å²) in [4.78, 5) is 0. The molecule has 0 bridgehead atoms. The Morgan fingerprint density at radius 2 is 1.91 bits per heavy atom. The summed E-state index contributed by atoms with van der Waals surface area (Å²) in [6.07, 6.45) is -1.18. The molecule has 1 unspecified atom stereocenters. The molecular formula is C18H28O5. The number of aliphatic hydroxyl groups is 2. The number of hydrogen-bond donors (Lipinski definition) is 2. The third kappa shape index (κ3) is 4.23. The van der Waals surface area contributed by atoms with E-state index < -0.39 is 12.4 Å². The minimum Gasteiger partial charge on any atom is -0.497 e. The summed E-state index contributed by atoms with van der Waals surface area (Å²) < 4.78 is 17.1. The molecule has 5 heteroatoms. The van der Waals surface area contributed by atoms with Crippen molar-refractivity contribution in [2.45, 2.75) is 39.3 Å². The van der Waals surface area contributed by atoms with Crippen LogP contribution in [-0.2, 0) is 9.47 Å². The second-order valence-corrected chi connectivity index (χ2v) is 6.53. The molecule has 2 N–H and O–H groups in total. The smallest absolute Gasteiger partial charge is 0.184 e. The molecule has 1 fully saturated rings. The van der Waals surface area contributed by atoms with Crippen LogP contribution in [0.3, 0.4) is 0 Å². The van der Waals surface area contributed by atoms with E-state index in [0.717, 1.165) is 11.3 Å². The lowest BCUT2D eigenvalue weighted by Gasteiger charge is -2.40. The minimum absolute atomic E-state index is 0.0367. The van der Waals surface area contributed by atoms with E-state index in [1.807, 2.05) is 38.1 Å². The Balaban J connectivity index is 2.08. The molecule has 2 rings (SSSR count). The lowest BCUT2D eigenvalue weighted by molar-refractivity contribution is -0.257. The molecule has 0 saturated carbocycles. The summed E-state index contributed by atoms with van der Waals surface area (Å²) in [6, 6.07) is 7.60. The van der Waals surface area contributed by atoms with Crippen LogP contribution in [0.25, 0.3) is 0 Å². The van der Waals surface area contributed by atoms with Crippen molar-refractivity contribution in [1.29, 1.82) is 0 Å². The first kappa shape index (κ1) is 18.2. The monoisotopic (exact) mass is 324 g/mol. The molecule has 1 aliphatic heterocycles. The van der Waals surface area contributed by atoms with Gasteiger partial charge in [-0.15, -0.1) is 0 Å². The van der Waals surface area contributed by atoms with E-state index >= 15 is 0 Å². The van der Waals surface area contributed by atoms with Crippen LogP contribution >= 0.6 is 0 Å². The lowest BCUT2D eigenvalue weighted by Crippen LogP contribution is -2.45. The topological polar surface area (TPSA) is 68.2 Å². The van der Waals surface area contributed by atoms with E-state index in [1.54, 1.807) is 7.11 Å². The van der Waals surface area contributed by atoms with Crippen LogP contribution in [0.1, 0.15) is 32.6 Å². The molecule has 6 atom stereocenters. The number of aliphatic hydroxyl groups excluding tert-OH is 2. The van der Waals surface area contributed by atoms with Crippen molar-refractivity contribution in [3.8, 4) is 5.75 Å². The number of rotatable bonds is 6. The first-order valence-corrected chi connectivity index (χ1v) is 8.17. The van der Waals surface area contributed by atoms with Crippen LogP contribution in [0.2, 0.25) is 0 Å². The maximum Gasteiger partial charge on any atom is 0.184 e. The fourth-order valence-corrected chi connectivity index (χ4v) is 3.05. The van der Waals surface area contributed by atoms with E-state index in [2.05, 4.69) is 6.92 Å². The normalized spacial score (nSPS) is 28.9. The maximum atomic E-state index is 10.4. The van der Waals surface area contributed by atoms with Crippen LogP contribution in [0.15, 0.2) is 24.3 Å². The van der Waals surface area contributed by atoms with Crippen LogP contribution in [-0.4, -0.2) is 42.7 Å². The predicted octanol–water partition coefficient (Wildman–Crippen LogP) is 2.37. The quantitative estimate of drug-likeness (QED) is 0.841. The highest BCUT2D eigenvalue weighted by atomic mass is 16.7. The number of hydrogen-bond acceptors (Lipinski definition) is 5. The Bertz CT molecular complexity index is 475. The van der Waals surface area contributed by atoms with Gasteiger partial charge >= 0.3 is 0 Å². The van der Waals surface area contributed by atoms with Gasteiger partial charge in [0, 0.05) is 29.9 Å². The summed E-state index contributed by atoms with van der Waals surface area (Å²) >= 11 is 0. The highest BCUT2D eigenvalue weighted by Gasteiger charge is 2.37. The standard InChI is InChI=1S/C18H28O5/c1-11(9-19)16(20)13(3)17-12(2)10-22-18(23-17)14-5-7-15(21-4)8-6-14/h5-8,11-13,16-20H,9-10H2,1-4H3/t11-,12-,13+,16-,17-,18?/m1/s1. The molecule has 1 saturated heterocycles. The van der Waals surface area contributed by atoms with Gasteiger partial charge in [0.2, 0.25) is 0 Å². The Morgan fingerprint density at radius 3 is 2.48 bits per heavy atom. The largest absolute Gasteiger partial charge is 0.497 e. The summed E-state index contributed by atoms with van der Waals surface area (Å²) in [5, 5.41) is 19.6. The first-order chi connectivity index (χ1) is 11.0. The van der Waals surface area contributed by atoms with E-state index in [0.29, 0.717) is 6.61 Å². The van der Waals surface area contributed by atoms with Crippen molar-refractivity contribution in [2.24, 2.45) is 17.8 Å². The molecule has 1 aliphatic rings. The zero-order chi connectivity index (χ0) is 17.0. The van der Waals surface area contributed by atoms with Crippen LogP contribution < -0.4 is 4.74 Å². The lowest BCUT2D eigenvalue weighted by atomic mass is 9.84. The van der Waals surface area contributed by atoms with E-state index in [-0.39, 0.29) is 30.5 Å². The van der Waals surface area contributed by atoms with Gasteiger partial charge in [-0.2, -0.15) is 0 Å². The maximum absolute atomic E-state index is 10.4. The molecule has 0 spiro atoms. The van der Waals surface area contributed by atoms with Crippen LogP contribution in [0.4, 0.5) is 0 Å². The fourth-order valence-electron chi connectivity index (χ4n) is 3.05. The molecule has 1 aromatic carbocycles. The van der Waals surface area contributed by atoms with Gasteiger partial charge in [-0.1, -0.05) is 32.9 Å². The SMILES string of the molecule is COc1ccc(C2OC[C@@H](C)[C@H]([C@@H](C)[C@H](O)[C@H](C)CO)O2)cc1. The summed E-state index contributed by atoms with van der Waals surface area (Å²) in [5.74, 6) is 0.704. The highest BCUT2D eigenvalue weighted by Crippen LogP contribution is 2.35. The molecule has 0 radical (unpaired) electrons. The summed E-state index contributed by atoms with van der Waals surface area (Å²) in [7, 11) is 1.63. The molecule has 0 amide bonds. The third-order valence-electron chi connectivity index (χ3n) is 4.67. The van der Waals surface area contributed by atoms with Gasteiger partial charge in [-0.05, 0) is 12.1 Å². The van der Waals surface area contributed by atoms with Crippen LogP contribution in [0, 0.1) is 17.8 Å². The summed E-state index contributed by atoms with van der Waals surface area (Å²) in [5.41, 5.74) is 0.930. The average molecular weight is 324 g/mol. The van der Waals surface area contributed by atoms with Gasteiger partial charge in [-0.25, -0.2) is 0 Å². The third-order valence-corrected chi connectivity index (χ3v) is 4.67. The fraction of sp³-hybridized carbons (Fsp3) is 0.667. The Labute approximate surface area is 138 Å². The second-order valence-electron chi connectivity index (χ2n) is 6.53. The Kier molecular flexibility index (Phi) is 6.41. The van der Waals surface area contributed by atoms with Crippen LogP contribution in [0.5, 0.6) is 5.75 Å². The van der Waals surface area contributed by atoms with E-state index in [1.165, 1.54) is 0 Å². The Hall–Kier alpha value is -1.14. The van der Waals surface area contributed by atoms with Crippen molar-refractivity contribution in [1.82, 2.24) is 0 Å². The van der Waals surface area contributed by atoms with Gasteiger partial charge < -0.3 is 24.4 Å². The van der Waals surface area contributed by atoms with Gasteiger partial charge in [0.05, 0.1) is 25.9 Å². The van der Waals surface area contributed by atoms with Crippen molar-refractivity contribution >= 4 is 0 Å². The van der Waals surface area contributed by atoms with Crippen molar-refractivity contribution in [2.75, 3.05) is 20.3 Å². The molecule has 0 aliphatic carbocycles. The molecule has 5 nitrogen and oxygen atoms in total. The average Bonchev–Trinajstić information content (AvgIpc) is 2.60. The molecule has 130 valence electrons. The molecule has 23 heavy (non-hydrogen) atoms. The van der Waals surface area contributed by atoms with E-state index in [9.17, 15) is 10.2 Å². The molecular weight excluding hydrogens is 296 g/mol. The predicted molar refractivity (Wildman–Crippen MR) is 87.1 cm³/mol. The zero-order valence-corrected chi connectivity index (χ0v) is 14.3. The van der Waals surface area contributed by atoms with Crippen molar-refractivity contribution in [3.05, 3.63) is 29.8 Å².